The Hall–Kier alpha value is -1.37. The summed E-state index contributed by atoms with van der Waals surface area (Å²) in [5, 5.41) is 0. The van der Waals surface area contributed by atoms with Crippen molar-refractivity contribution in [1.29, 1.82) is 0 Å². The minimum Gasteiger partial charge on any atom is -0.299 e. The average Bonchev–Trinajstić information content (AvgIpc) is 2.18. The number of hydrogen-bond acceptors (Lipinski definition) is 1. The second-order valence-corrected chi connectivity index (χ2v) is 2.97. The maximum atomic E-state index is 11.2. The molecule has 0 atom stereocenters. The van der Waals surface area contributed by atoms with Gasteiger partial charge in [0.15, 0.2) is 0 Å². The van der Waals surface area contributed by atoms with Crippen LogP contribution in [0, 0.1) is 0 Å². The van der Waals surface area contributed by atoms with Crippen LogP contribution in [-0.4, -0.2) is 5.78 Å². The lowest BCUT2D eigenvalue weighted by Gasteiger charge is -2.03. The highest BCUT2D eigenvalue weighted by Gasteiger charge is 2.03. The Morgan fingerprint density at radius 2 is 2.15 bits per heavy atom. The second-order valence-electron chi connectivity index (χ2n) is 2.97. The third-order valence-corrected chi connectivity index (χ3v) is 2.06. The molecule has 13 heavy (non-hydrogen) atoms. The molecule has 0 unspecified atom stereocenters. The fourth-order valence-corrected chi connectivity index (χ4v) is 1.23. The van der Waals surface area contributed by atoms with Crippen LogP contribution >= 0.6 is 0 Å². The van der Waals surface area contributed by atoms with E-state index in [4.69, 9.17) is 0 Å². The van der Waals surface area contributed by atoms with E-state index in [1.807, 2.05) is 31.2 Å². The topological polar surface area (TPSA) is 17.1 Å². The molecule has 0 aromatic heterocycles. The van der Waals surface area contributed by atoms with Gasteiger partial charge in [-0.1, -0.05) is 43.8 Å². The summed E-state index contributed by atoms with van der Waals surface area (Å²) in [6, 6.07) is 7.86. The van der Waals surface area contributed by atoms with Crippen molar-refractivity contribution in [2.45, 2.75) is 19.8 Å². The molecule has 0 N–H and O–H groups in total. The summed E-state index contributed by atoms with van der Waals surface area (Å²) in [5.74, 6) is 0.273. The lowest BCUT2D eigenvalue weighted by molar-refractivity contribution is -0.118. The van der Waals surface area contributed by atoms with Crippen molar-refractivity contribution in [3.8, 4) is 0 Å². The highest BCUT2D eigenvalue weighted by Crippen LogP contribution is 2.11. The first-order valence-corrected chi connectivity index (χ1v) is 4.50. The monoisotopic (exact) mass is 174 g/mol. The number of benzene rings is 1. The van der Waals surface area contributed by atoms with Crippen molar-refractivity contribution in [2.75, 3.05) is 0 Å². The van der Waals surface area contributed by atoms with Gasteiger partial charge >= 0.3 is 0 Å². The van der Waals surface area contributed by atoms with E-state index in [9.17, 15) is 4.79 Å². The Morgan fingerprint density at radius 1 is 1.46 bits per heavy atom. The zero-order valence-corrected chi connectivity index (χ0v) is 7.92. The molecule has 1 aromatic carbocycles. The zero-order valence-electron chi connectivity index (χ0n) is 7.92. The number of ketones is 1. The van der Waals surface area contributed by atoms with Crippen LogP contribution in [0.2, 0.25) is 0 Å². The molecular weight excluding hydrogens is 160 g/mol. The molecular formula is C12H14O. The molecule has 1 nitrogen and oxygen atoms in total. The van der Waals surface area contributed by atoms with Crippen molar-refractivity contribution in [3.63, 3.8) is 0 Å². The highest BCUT2D eigenvalue weighted by molar-refractivity contribution is 5.81. The molecule has 0 aliphatic heterocycles. The first-order chi connectivity index (χ1) is 6.27. The van der Waals surface area contributed by atoms with Crippen LogP contribution in [0.3, 0.4) is 0 Å². The van der Waals surface area contributed by atoms with Gasteiger partial charge < -0.3 is 0 Å². The first kappa shape index (κ1) is 9.72. The summed E-state index contributed by atoms with van der Waals surface area (Å²) in [5.41, 5.74) is 2.13. The van der Waals surface area contributed by atoms with E-state index >= 15 is 0 Å². The van der Waals surface area contributed by atoms with E-state index in [0.29, 0.717) is 12.8 Å². The Balaban J connectivity index is 2.87. The summed E-state index contributed by atoms with van der Waals surface area (Å²) >= 11 is 0. The van der Waals surface area contributed by atoms with E-state index in [0.717, 1.165) is 11.1 Å². The van der Waals surface area contributed by atoms with Crippen LogP contribution in [0.25, 0.3) is 6.08 Å². The van der Waals surface area contributed by atoms with E-state index in [1.54, 1.807) is 6.08 Å². The van der Waals surface area contributed by atoms with Gasteiger partial charge in [-0.15, -0.1) is 0 Å². The van der Waals surface area contributed by atoms with Gasteiger partial charge in [0.2, 0.25) is 0 Å². The van der Waals surface area contributed by atoms with E-state index < -0.39 is 0 Å². The Bertz CT molecular complexity index is 313. The van der Waals surface area contributed by atoms with Gasteiger partial charge in [-0.05, 0) is 11.1 Å². The van der Waals surface area contributed by atoms with E-state index in [-0.39, 0.29) is 5.78 Å². The van der Waals surface area contributed by atoms with E-state index in [1.165, 1.54) is 0 Å². The van der Waals surface area contributed by atoms with Gasteiger partial charge in [0.1, 0.15) is 5.78 Å². The second kappa shape index (κ2) is 4.61. The quantitative estimate of drug-likeness (QED) is 0.686. The van der Waals surface area contributed by atoms with Crippen LogP contribution in [-0.2, 0) is 11.2 Å². The van der Waals surface area contributed by atoms with Gasteiger partial charge in [0, 0.05) is 12.8 Å². The SMILES string of the molecule is C=Cc1ccccc1CC(=O)CC. The van der Waals surface area contributed by atoms with Crippen molar-refractivity contribution in [3.05, 3.63) is 42.0 Å². The molecule has 0 bridgehead atoms. The average molecular weight is 174 g/mol. The number of carbonyl (C=O) groups is 1. The van der Waals surface area contributed by atoms with Crippen LogP contribution in [0.15, 0.2) is 30.8 Å². The fraction of sp³-hybridized carbons (Fsp3) is 0.250. The molecule has 0 aliphatic rings. The summed E-state index contributed by atoms with van der Waals surface area (Å²) < 4.78 is 0. The fourth-order valence-electron chi connectivity index (χ4n) is 1.23. The lowest BCUT2D eigenvalue weighted by Crippen LogP contribution is -2.01. The van der Waals surface area contributed by atoms with E-state index in [2.05, 4.69) is 6.58 Å². The van der Waals surface area contributed by atoms with Crippen LogP contribution in [0.4, 0.5) is 0 Å². The molecule has 1 rings (SSSR count). The summed E-state index contributed by atoms with van der Waals surface area (Å²) in [4.78, 5) is 11.2. The lowest BCUT2D eigenvalue weighted by atomic mass is 10.0. The third kappa shape index (κ3) is 2.55. The molecule has 0 aliphatic carbocycles. The molecule has 0 saturated heterocycles. The number of Topliss-reactive ketones (excluding diaryl/α,β-unsaturated/α-hetero) is 1. The molecule has 1 heteroatoms. The minimum absolute atomic E-state index is 0.273. The largest absolute Gasteiger partial charge is 0.299 e. The smallest absolute Gasteiger partial charge is 0.137 e. The molecule has 0 amide bonds. The van der Waals surface area contributed by atoms with Gasteiger partial charge in [-0.25, -0.2) is 0 Å². The predicted molar refractivity (Wildman–Crippen MR) is 55.5 cm³/mol. The Kier molecular flexibility index (Phi) is 3.44. The molecule has 0 heterocycles. The summed E-state index contributed by atoms with van der Waals surface area (Å²) in [6.45, 7) is 5.60. The third-order valence-electron chi connectivity index (χ3n) is 2.06. The Labute approximate surface area is 79.1 Å². The normalized spacial score (nSPS) is 9.62. The molecule has 1 aromatic rings. The predicted octanol–water partition coefficient (Wildman–Crippen LogP) is 2.85. The maximum Gasteiger partial charge on any atom is 0.137 e. The molecule has 0 saturated carbocycles. The van der Waals surface area contributed by atoms with Crippen LogP contribution in [0.5, 0.6) is 0 Å². The molecule has 68 valence electrons. The standard InChI is InChI=1S/C12H14O/c1-3-10-7-5-6-8-11(10)9-12(13)4-2/h3,5-8H,1,4,9H2,2H3. The Morgan fingerprint density at radius 3 is 2.77 bits per heavy atom. The minimum atomic E-state index is 0.273. The van der Waals surface area contributed by atoms with Crippen LogP contribution < -0.4 is 0 Å². The number of rotatable bonds is 4. The van der Waals surface area contributed by atoms with Crippen molar-refractivity contribution in [1.82, 2.24) is 0 Å². The maximum absolute atomic E-state index is 11.2. The molecule has 0 spiro atoms. The number of carbonyl (C=O) groups excluding carboxylic acids is 1. The van der Waals surface area contributed by atoms with Crippen molar-refractivity contribution in [2.24, 2.45) is 0 Å². The highest BCUT2D eigenvalue weighted by atomic mass is 16.1. The first-order valence-electron chi connectivity index (χ1n) is 4.50. The van der Waals surface area contributed by atoms with Gasteiger partial charge in [-0.2, -0.15) is 0 Å². The van der Waals surface area contributed by atoms with Gasteiger partial charge in [0.25, 0.3) is 0 Å². The molecule has 0 radical (unpaired) electrons. The van der Waals surface area contributed by atoms with Crippen molar-refractivity contribution >= 4 is 11.9 Å². The number of hydrogen-bond donors (Lipinski definition) is 0. The zero-order chi connectivity index (χ0) is 9.68. The molecule has 0 fully saturated rings. The van der Waals surface area contributed by atoms with Crippen molar-refractivity contribution < 1.29 is 4.79 Å². The van der Waals surface area contributed by atoms with Gasteiger partial charge in [-0.3, -0.25) is 4.79 Å². The van der Waals surface area contributed by atoms with Gasteiger partial charge in [0.05, 0.1) is 0 Å². The van der Waals surface area contributed by atoms with Crippen LogP contribution in [0.1, 0.15) is 24.5 Å². The summed E-state index contributed by atoms with van der Waals surface area (Å²) in [7, 11) is 0. The summed E-state index contributed by atoms with van der Waals surface area (Å²) in [6.07, 6.45) is 2.92.